The van der Waals surface area contributed by atoms with Crippen molar-refractivity contribution in [2.45, 2.75) is 38.7 Å². The molecule has 0 radical (unpaired) electrons. The van der Waals surface area contributed by atoms with E-state index in [1.807, 2.05) is 33.8 Å². The van der Waals surface area contributed by atoms with Crippen molar-refractivity contribution < 1.29 is 9.53 Å². The van der Waals surface area contributed by atoms with Crippen molar-refractivity contribution in [1.82, 2.24) is 5.32 Å². The van der Waals surface area contributed by atoms with E-state index < -0.39 is 17.1 Å². The molecule has 0 aromatic heterocycles. The lowest BCUT2D eigenvalue weighted by Crippen LogP contribution is -2.45. The molecule has 0 saturated carbocycles. The molecule has 1 aromatic carbocycles. The zero-order valence-electron chi connectivity index (χ0n) is 12.8. The number of amides is 1. The number of benzene rings is 1. The Morgan fingerprint density at radius 1 is 1.29 bits per heavy atom. The first-order valence-corrected chi connectivity index (χ1v) is 7.45. The number of carbonyl (C=O) groups excluding carboxylic acids is 1. The number of hydrogen-bond donors (Lipinski definition) is 2. The van der Waals surface area contributed by atoms with E-state index in [-0.39, 0.29) is 0 Å². The van der Waals surface area contributed by atoms with Crippen molar-refractivity contribution in [1.29, 1.82) is 0 Å². The molecule has 0 fully saturated rings. The zero-order chi connectivity index (χ0) is 16.3. The van der Waals surface area contributed by atoms with Gasteiger partial charge in [-0.2, -0.15) is 0 Å². The zero-order valence-corrected chi connectivity index (χ0v) is 14.3. The van der Waals surface area contributed by atoms with Crippen LogP contribution in [0, 0.1) is 0 Å². The van der Waals surface area contributed by atoms with Gasteiger partial charge in [-0.05, 0) is 38.5 Å². The van der Waals surface area contributed by atoms with E-state index in [9.17, 15) is 4.79 Å². The van der Waals surface area contributed by atoms with Gasteiger partial charge in [-0.25, -0.2) is 4.79 Å². The van der Waals surface area contributed by atoms with Crippen LogP contribution in [-0.2, 0) is 10.2 Å². The largest absolute Gasteiger partial charge is 0.444 e. The van der Waals surface area contributed by atoms with Crippen LogP contribution in [0.4, 0.5) is 4.79 Å². The van der Waals surface area contributed by atoms with E-state index in [4.69, 9.17) is 33.7 Å². The van der Waals surface area contributed by atoms with Crippen LogP contribution < -0.4 is 11.1 Å². The molecule has 6 heteroatoms. The van der Waals surface area contributed by atoms with Crippen LogP contribution in [0.15, 0.2) is 18.2 Å². The Kier molecular flexibility index (Phi) is 5.91. The highest BCUT2D eigenvalue weighted by Crippen LogP contribution is 2.31. The molecule has 0 saturated heterocycles. The third kappa shape index (κ3) is 5.38. The Bertz CT molecular complexity index is 515. The summed E-state index contributed by atoms with van der Waals surface area (Å²) in [6, 6.07) is 5.25. The lowest BCUT2D eigenvalue weighted by Gasteiger charge is -2.30. The first kappa shape index (κ1) is 18.1. The van der Waals surface area contributed by atoms with Gasteiger partial charge in [0.25, 0.3) is 0 Å². The molecule has 0 spiro atoms. The predicted octanol–water partition coefficient (Wildman–Crippen LogP) is 3.73. The van der Waals surface area contributed by atoms with Crippen molar-refractivity contribution in [2.75, 3.05) is 13.1 Å². The SMILES string of the molecule is CC(C)(C)OC(=O)NCC(C)(CN)c1ccc(Cl)cc1Cl. The van der Waals surface area contributed by atoms with Crippen LogP contribution in [0.25, 0.3) is 0 Å². The molecule has 1 aromatic rings. The number of carbonyl (C=O) groups is 1. The molecule has 0 heterocycles. The fraction of sp³-hybridized carbons (Fsp3) is 0.533. The first-order chi connectivity index (χ1) is 9.57. The minimum atomic E-state index is -0.541. The maximum Gasteiger partial charge on any atom is 0.407 e. The molecule has 0 aliphatic rings. The number of nitrogens with one attached hydrogen (secondary N) is 1. The summed E-state index contributed by atoms with van der Waals surface area (Å²) in [5, 5.41) is 3.83. The highest BCUT2D eigenvalue weighted by molar-refractivity contribution is 6.35. The van der Waals surface area contributed by atoms with E-state index in [1.54, 1.807) is 12.1 Å². The van der Waals surface area contributed by atoms with Crippen molar-refractivity contribution in [3.8, 4) is 0 Å². The smallest absolute Gasteiger partial charge is 0.407 e. The Labute approximate surface area is 135 Å². The second kappa shape index (κ2) is 6.86. The van der Waals surface area contributed by atoms with Gasteiger partial charge in [0.05, 0.1) is 0 Å². The van der Waals surface area contributed by atoms with Gasteiger partial charge in [-0.3, -0.25) is 0 Å². The minimum absolute atomic E-state index is 0.319. The molecule has 1 unspecified atom stereocenters. The first-order valence-electron chi connectivity index (χ1n) is 6.70. The topological polar surface area (TPSA) is 64.3 Å². The van der Waals surface area contributed by atoms with Crippen LogP contribution in [-0.4, -0.2) is 24.8 Å². The number of halogens is 2. The molecule has 1 amide bonds. The van der Waals surface area contributed by atoms with E-state index in [2.05, 4.69) is 5.32 Å². The molecule has 0 aliphatic heterocycles. The summed E-state index contributed by atoms with van der Waals surface area (Å²) in [7, 11) is 0. The maximum atomic E-state index is 11.8. The fourth-order valence-electron chi connectivity index (χ4n) is 1.84. The number of hydrogen-bond acceptors (Lipinski definition) is 3. The highest BCUT2D eigenvalue weighted by Gasteiger charge is 2.29. The van der Waals surface area contributed by atoms with Crippen molar-refractivity contribution >= 4 is 29.3 Å². The average Bonchev–Trinajstić information content (AvgIpc) is 2.34. The third-order valence-corrected chi connectivity index (χ3v) is 3.60. The molecular formula is C15H22Cl2N2O2. The van der Waals surface area contributed by atoms with Gasteiger partial charge in [0.1, 0.15) is 5.60 Å². The minimum Gasteiger partial charge on any atom is -0.444 e. The predicted molar refractivity (Wildman–Crippen MR) is 87.1 cm³/mol. The van der Waals surface area contributed by atoms with Crippen LogP contribution in [0.1, 0.15) is 33.3 Å². The number of alkyl carbamates (subject to hydrolysis) is 1. The summed E-state index contributed by atoms with van der Waals surface area (Å²) < 4.78 is 5.22. The Balaban J connectivity index is 2.83. The van der Waals surface area contributed by atoms with Gasteiger partial charge in [0.2, 0.25) is 0 Å². The summed E-state index contributed by atoms with van der Waals surface area (Å²) in [4.78, 5) is 11.8. The van der Waals surface area contributed by atoms with E-state index >= 15 is 0 Å². The summed E-state index contributed by atoms with van der Waals surface area (Å²) >= 11 is 12.1. The molecule has 4 nitrogen and oxygen atoms in total. The molecule has 21 heavy (non-hydrogen) atoms. The van der Waals surface area contributed by atoms with Crippen LogP contribution in [0.5, 0.6) is 0 Å². The standard InChI is InChI=1S/C15H22Cl2N2O2/c1-14(2,3)21-13(20)19-9-15(4,8-18)11-6-5-10(16)7-12(11)17/h5-7H,8-9,18H2,1-4H3,(H,19,20). The van der Waals surface area contributed by atoms with Gasteiger partial charge in [0.15, 0.2) is 0 Å². The van der Waals surface area contributed by atoms with Crippen LogP contribution in [0.3, 0.4) is 0 Å². The number of nitrogens with two attached hydrogens (primary N) is 1. The summed E-state index contributed by atoms with van der Waals surface area (Å²) in [5.41, 5.74) is 5.67. The average molecular weight is 333 g/mol. The van der Waals surface area contributed by atoms with Gasteiger partial charge >= 0.3 is 6.09 Å². The van der Waals surface area contributed by atoms with E-state index in [1.165, 1.54) is 0 Å². The molecular weight excluding hydrogens is 311 g/mol. The normalized spacial score (nSPS) is 14.4. The maximum absolute atomic E-state index is 11.8. The molecule has 0 bridgehead atoms. The van der Waals surface area contributed by atoms with Crippen molar-refractivity contribution in [2.24, 2.45) is 5.73 Å². The Morgan fingerprint density at radius 3 is 2.38 bits per heavy atom. The van der Waals surface area contributed by atoms with Crippen molar-refractivity contribution in [3.05, 3.63) is 33.8 Å². The van der Waals surface area contributed by atoms with Crippen molar-refractivity contribution in [3.63, 3.8) is 0 Å². The van der Waals surface area contributed by atoms with E-state index in [0.717, 1.165) is 5.56 Å². The lowest BCUT2D eigenvalue weighted by molar-refractivity contribution is 0.0516. The molecule has 1 rings (SSSR count). The Morgan fingerprint density at radius 2 is 1.90 bits per heavy atom. The monoisotopic (exact) mass is 332 g/mol. The second-order valence-electron chi connectivity index (χ2n) is 6.24. The number of ether oxygens (including phenoxy) is 1. The van der Waals surface area contributed by atoms with Crippen LogP contribution in [0.2, 0.25) is 10.0 Å². The quantitative estimate of drug-likeness (QED) is 0.882. The lowest BCUT2D eigenvalue weighted by atomic mass is 9.82. The Hall–Kier alpha value is -0.970. The van der Waals surface area contributed by atoms with Gasteiger partial charge in [0, 0.05) is 28.5 Å². The number of rotatable bonds is 4. The van der Waals surface area contributed by atoms with Gasteiger partial charge in [-0.1, -0.05) is 36.2 Å². The molecule has 118 valence electrons. The van der Waals surface area contributed by atoms with E-state index in [0.29, 0.717) is 23.1 Å². The van der Waals surface area contributed by atoms with Gasteiger partial charge < -0.3 is 15.8 Å². The third-order valence-electron chi connectivity index (χ3n) is 3.05. The summed E-state index contributed by atoms with van der Waals surface area (Å²) in [5.74, 6) is 0. The molecule has 1 atom stereocenters. The highest BCUT2D eigenvalue weighted by atomic mass is 35.5. The summed E-state index contributed by atoms with van der Waals surface area (Å²) in [6.45, 7) is 8.00. The second-order valence-corrected chi connectivity index (χ2v) is 7.09. The fourth-order valence-corrected chi connectivity index (χ4v) is 2.47. The van der Waals surface area contributed by atoms with Gasteiger partial charge in [-0.15, -0.1) is 0 Å². The molecule has 3 N–H and O–H groups in total. The van der Waals surface area contributed by atoms with Crippen LogP contribution >= 0.6 is 23.2 Å². The summed E-state index contributed by atoms with van der Waals surface area (Å²) in [6.07, 6.45) is -0.479. The molecule has 0 aliphatic carbocycles.